The number of benzene rings is 1. The van der Waals surface area contributed by atoms with E-state index in [1.165, 1.54) is 28.6 Å². The van der Waals surface area contributed by atoms with Crippen molar-refractivity contribution in [2.24, 2.45) is 11.7 Å². The quantitative estimate of drug-likeness (QED) is 0.651. The van der Waals surface area contributed by atoms with Gasteiger partial charge in [0.15, 0.2) is 0 Å². The van der Waals surface area contributed by atoms with Crippen LogP contribution in [0.1, 0.15) is 25.3 Å². The predicted octanol–water partition coefficient (Wildman–Crippen LogP) is 1.48. The smallest absolute Gasteiger partial charge is 0.269 e. The number of sulfonamides is 1. The molecule has 1 heterocycles. The Bertz CT molecular complexity index is 630. The van der Waals surface area contributed by atoms with Gasteiger partial charge in [0.05, 0.1) is 10.7 Å². The molecule has 1 fully saturated rings. The Balaban J connectivity index is 2.14. The maximum Gasteiger partial charge on any atom is 0.269 e. The molecule has 1 aliphatic rings. The summed E-state index contributed by atoms with van der Waals surface area (Å²) in [7, 11) is -3.47. The Hall–Kier alpha value is -1.51. The maximum absolute atomic E-state index is 12.6. The minimum atomic E-state index is -3.47. The summed E-state index contributed by atoms with van der Waals surface area (Å²) in [5.41, 5.74) is 6.21. The fourth-order valence-electron chi connectivity index (χ4n) is 2.82. The standard InChI is InChI=1S/C14H21N3O4S/c1-11-6-7-16(14(8-11)9-15)22(20,21)10-12-2-4-13(5-3-12)17(18)19/h2-5,11,14H,6-10,15H2,1H3. The summed E-state index contributed by atoms with van der Waals surface area (Å²) >= 11 is 0. The van der Waals surface area contributed by atoms with Crippen molar-refractivity contribution in [3.63, 3.8) is 0 Å². The van der Waals surface area contributed by atoms with Crippen LogP contribution in [0, 0.1) is 16.0 Å². The molecule has 0 aromatic heterocycles. The molecule has 1 aromatic carbocycles. The molecule has 0 amide bonds. The second-order valence-electron chi connectivity index (χ2n) is 5.81. The van der Waals surface area contributed by atoms with Crippen LogP contribution >= 0.6 is 0 Å². The van der Waals surface area contributed by atoms with Crippen LogP contribution in [0.25, 0.3) is 0 Å². The lowest BCUT2D eigenvalue weighted by atomic mass is 9.94. The molecular weight excluding hydrogens is 306 g/mol. The molecule has 0 bridgehead atoms. The average Bonchev–Trinajstić information content (AvgIpc) is 2.46. The normalized spacial score (nSPS) is 23.4. The maximum atomic E-state index is 12.6. The Morgan fingerprint density at radius 2 is 2.00 bits per heavy atom. The Morgan fingerprint density at radius 1 is 1.36 bits per heavy atom. The topological polar surface area (TPSA) is 107 Å². The zero-order valence-corrected chi connectivity index (χ0v) is 13.3. The van der Waals surface area contributed by atoms with Crippen molar-refractivity contribution < 1.29 is 13.3 Å². The summed E-state index contributed by atoms with van der Waals surface area (Å²) < 4.78 is 26.7. The van der Waals surface area contributed by atoms with E-state index in [1.807, 2.05) is 0 Å². The van der Waals surface area contributed by atoms with Crippen LogP contribution in [0.2, 0.25) is 0 Å². The number of nitrogens with two attached hydrogens (primary N) is 1. The fourth-order valence-corrected chi connectivity index (χ4v) is 4.61. The monoisotopic (exact) mass is 327 g/mol. The van der Waals surface area contributed by atoms with E-state index >= 15 is 0 Å². The van der Waals surface area contributed by atoms with Crippen molar-refractivity contribution in [3.05, 3.63) is 39.9 Å². The molecule has 2 unspecified atom stereocenters. The van der Waals surface area contributed by atoms with E-state index in [0.29, 0.717) is 24.6 Å². The zero-order valence-electron chi connectivity index (χ0n) is 12.5. The van der Waals surface area contributed by atoms with Crippen LogP contribution in [-0.2, 0) is 15.8 Å². The number of nitro groups is 1. The third-order valence-corrected chi connectivity index (χ3v) is 5.94. The third kappa shape index (κ3) is 3.82. The van der Waals surface area contributed by atoms with Crippen LogP contribution in [0.4, 0.5) is 5.69 Å². The van der Waals surface area contributed by atoms with Gasteiger partial charge < -0.3 is 5.73 Å². The van der Waals surface area contributed by atoms with Gasteiger partial charge in [-0.25, -0.2) is 8.42 Å². The first kappa shape index (κ1) is 16.9. The van der Waals surface area contributed by atoms with Gasteiger partial charge in [-0.1, -0.05) is 19.1 Å². The van der Waals surface area contributed by atoms with Crippen LogP contribution in [0.5, 0.6) is 0 Å². The number of rotatable bonds is 5. The molecule has 0 saturated carbocycles. The SMILES string of the molecule is CC1CCN(S(=O)(=O)Cc2ccc([N+](=O)[O-])cc2)C(CN)C1. The van der Waals surface area contributed by atoms with Crippen molar-refractivity contribution in [2.75, 3.05) is 13.1 Å². The first-order chi connectivity index (χ1) is 10.3. The highest BCUT2D eigenvalue weighted by Gasteiger charge is 2.33. The molecule has 2 rings (SSSR count). The molecular formula is C14H21N3O4S. The van der Waals surface area contributed by atoms with Crippen molar-refractivity contribution >= 4 is 15.7 Å². The highest BCUT2D eigenvalue weighted by molar-refractivity contribution is 7.88. The van der Waals surface area contributed by atoms with Crippen molar-refractivity contribution in [3.8, 4) is 0 Å². The van der Waals surface area contributed by atoms with E-state index in [2.05, 4.69) is 6.92 Å². The van der Waals surface area contributed by atoms with E-state index in [4.69, 9.17) is 5.73 Å². The highest BCUT2D eigenvalue weighted by Crippen LogP contribution is 2.26. The van der Waals surface area contributed by atoms with Crippen LogP contribution < -0.4 is 5.73 Å². The minimum absolute atomic E-state index is 0.0484. The number of hydrogen-bond donors (Lipinski definition) is 1. The second-order valence-corrected chi connectivity index (χ2v) is 7.73. The summed E-state index contributed by atoms with van der Waals surface area (Å²) in [6.45, 7) is 2.89. The number of hydrogen-bond acceptors (Lipinski definition) is 5. The molecule has 8 heteroatoms. The van der Waals surface area contributed by atoms with E-state index < -0.39 is 14.9 Å². The Morgan fingerprint density at radius 3 is 2.55 bits per heavy atom. The molecule has 1 aromatic rings. The molecule has 0 aliphatic carbocycles. The molecule has 1 saturated heterocycles. The number of piperidine rings is 1. The minimum Gasteiger partial charge on any atom is -0.329 e. The van der Waals surface area contributed by atoms with Gasteiger partial charge in [-0.2, -0.15) is 4.31 Å². The second kappa shape index (κ2) is 6.72. The predicted molar refractivity (Wildman–Crippen MR) is 83.7 cm³/mol. The number of nitrogens with zero attached hydrogens (tertiary/aromatic N) is 2. The summed E-state index contributed by atoms with van der Waals surface area (Å²) in [6, 6.07) is 5.46. The van der Waals surface area contributed by atoms with Gasteiger partial charge in [0.1, 0.15) is 0 Å². The van der Waals surface area contributed by atoms with Crippen LogP contribution in [0.3, 0.4) is 0 Å². The molecule has 0 radical (unpaired) electrons. The summed E-state index contributed by atoms with van der Waals surface area (Å²) in [6.07, 6.45) is 1.60. The first-order valence-electron chi connectivity index (χ1n) is 7.26. The third-order valence-electron chi connectivity index (χ3n) is 4.05. The number of non-ortho nitro benzene ring substituents is 1. The molecule has 2 atom stereocenters. The van der Waals surface area contributed by atoms with Crippen LogP contribution in [-0.4, -0.2) is 36.8 Å². The molecule has 1 aliphatic heterocycles. The summed E-state index contributed by atoms with van der Waals surface area (Å²) in [4.78, 5) is 10.1. The summed E-state index contributed by atoms with van der Waals surface area (Å²) in [5.74, 6) is 0.315. The van der Waals surface area contributed by atoms with Gasteiger partial charge in [0, 0.05) is 31.3 Å². The summed E-state index contributed by atoms with van der Waals surface area (Å²) in [5, 5.41) is 10.6. The van der Waals surface area contributed by atoms with Gasteiger partial charge in [-0.05, 0) is 24.3 Å². The molecule has 7 nitrogen and oxygen atoms in total. The van der Waals surface area contributed by atoms with Gasteiger partial charge >= 0.3 is 0 Å². The van der Waals surface area contributed by atoms with Crippen LogP contribution in [0.15, 0.2) is 24.3 Å². The lowest BCUT2D eigenvalue weighted by Crippen LogP contribution is -2.49. The zero-order chi connectivity index (χ0) is 16.3. The van der Waals surface area contributed by atoms with Gasteiger partial charge in [0.2, 0.25) is 10.0 Å². The lowest BCUT2D eigenvalue weighted by Gasteiger charge is -2.36. The van der Waals surface area contributed by atoms with E-state index in [9.17, 15) is 18.5 Å². The van der Waals surface area contributed by atoms with Crippen molar-refractivity contribution in [1.29, 1.82) is 0 Å². The van der Waals surface area contributed by atoms with E-state index in [1.54, 1.807) is 0 Å². The highest BCUT2D eigenvalue weighted by atomic mass is 32.2. The van der Waals surface area contributed by atoms with Gasteiger partial charge in [0.25, 0.3) is 5.69 Å². The molecule has 2 N–H and O–H groups in total. The largest absolute Gasteiger partial charge is 0.329 e. The molecule has 122 valence electrons. The van der Waals surface area contributed by atoms with Gasteiger partial charge in [-0.3, -0.25) is 10.1 Å². The number of nitro benzene ring substituents is 1. The van der Waals surface area contributed by atoms with Gasteiger partial charge in [-0.15, -0.1) is 0 Å². The first-order valence-corrected chi connectivity index (χ1v) is 8.87. The Kier molecular flexibility index (Phi) is 5.15. The average molecular weight is 327 g/mol. The fraction of sp³-hybridized carbons (Fsp3) is 0.571. The molecule has 22 heavy (non-hydrogen) atoms. The Labute approximate surface area is 130 Å². The van der Waals surface area contributed by atoms with E-state index in [0.717, 1.165) is 12.8 Å². The lowest BCUT2D eigenvalue weighted by molar-refractivity contribution is -0.384. The van der Waals surface area contributed by atoms with E-state index in [-0.39, 0.29) is 17.5 Å². The molecule has 0 spiro atoms. The van der Waals surface area contributed by atoms with Crippen molar-refractivity contribution in [1.82, 2.24) is 4.31 Å². The van der Waals surface area contributed by atoms with Crippen molar-refractivity contribution in [2.45, 2.75) is 31.6 Å².